The third-order valence-corrected chi connectivity index (χ3v) is 3.58. The van der Waals surface area contributed by atoms with Gasteiger partial charge in [0.2, 0.25) is 0 Å². The van der Waals surface area contributed by atoms with Crippen molar-refractivity contribution in [3.8, 4) is 11.1 Å². The first-order valence-electron chi connectivity index (χ1n) is 6.41. The number of aryl methyl sites for hydroxylation is 1. The van der Waals surface area contributed by atoms with Gasteiger partial charge in [0.15, 0.2) is 0 Å². The lowest BCUT2D eigenvalue weighted by Crippen LogP contribution is -1.94. The SMILES string of the molecule is C=C(C)c1c2cc(-c3cc(Cl)ncc3F)ccc2nn1C. The molecule has 0 aliphatic heterocycles. The summed E-state index contributed by atoms with van der Waals surface area (Å²) in [5.74, 6) is -0.403. The third-order valence-electron chi connectivity index (χ3n) is 3.37. The molecule has 2 aromatic heterocycles. The quantitative estimate of drug-likeness (QED) is 0.654. The van der Waals surface area contributed by atoms with Gasteiger partial charge in [-0.25, -0.2) is 9.37 Å². The van der Waals surface area contributed by atoms with Gasteiger partial charge in [-0.05, 0) is 36.3 Å². The molecule has 0 aliphatic carbocycles. The average molecular weight is 302 g/mol. The van der Waals surface area contributed by atoms with Gasteiger partial charge in [0.05, 0.1) is 17.4 Å². The molecule has 0 saturated heterocycles. The number of allylic oxidation sites excluding steroid dienone is 1. The molecular formula is C16H13ClFN3. The van der Waals surface area contributed by atoms with Crippen molar-refractivity contribution in [3.05, 3.63) is 53.7 Å². The zero-order valence-electron chi connectivity index (χ0n) is 11.7. The molecule has 3 aromatic rings. The fourth-order valence-corrected chi connectivity index (χ4v) is 2.66. The van der Waals surface area contributed by atoms with Crippen molar-refractivity contribution in [3.63, 3.8) is 0 Å². The summed E-state index contributed by atoms with van der Waals surface area (Å²) in [4.78, 5) is 3.74. The Morgan fingerprint density at radius 3 is 2.81 bits per heavy atom. The van der Waals surface area contributed by atoms with E-state index in [1.165, 1.54) is 6.07 Å². The van der Waals surface area contributed by atoms with Gasteiger partial charge in [-0.2, -0.15) is 5.10 Å². The van der Waals surface area contributed by atoms with E-state index in [2.05, 4.69) is 16.7 Å². The Hall–Kier alpha value is -2.20. The maximum atomic E-state index is 14.0. The van der Waals surface area contributed by atoms with Crippen LogP contribution in [0.25, 0.3) is 27.6 Å². The van der Waals surface area contributed by atoms with E-state index in [0.717, 1.165) is 33.9 Å². The largest absolute Gasteiger partial charge is 0.267 e. The summed E-state index contributed by atoms with van der Waals surface area (Å²) < 4.78 is 15.7. The van der Waals surface area contributed by atoms with Gasteiger partial charge in [0.25, 0.3) is 0 Å². The average Bonchev–Trinajstić information content (AvgIpc) is 2.76. The van der Waals surface area contributed by atoms with Gasteiger partial charge in [0, 0.05) is 18.0 Å². The van der Waals surface area contributed by atoms with Crippen LogP contribution in [0.3, 0.4) is 0 Å². The molecule has 21 heavy (non-hydrogen) atoms. The van der Waals surface area contributed by atoms with Gasteiger partial charge in [0.1, 0.15) is 11.0 Å². The molecule has 2 heterocycles. The molecule has 106 valence electrons. The maximum Gasteiger partial charge on any atom is 0.149 e. The fourth-order valence-electron chi connectivity index (χ4n) is 2.51. The summed E-state index contributed by atoms with van der Waals surface area (Å²) in [6.45, 7) is 5.90. The topological polar surface area (TPSA) is 30.7 Å². The molecule has 0 aliphatic rings. The van der Waals surface area contributed by atoms with E-state index >= 15 is 0 Å². The Morgan fingerprint density at radius 1 is 1.33 bits per heavy atom. The Morgan fingerprint density at radius 2 is 2.10 bits per heavy atom. The molecule has 3 rings (SSSR count). The van der Waals surface area contributed by atoms with Crippen LogP contribution in [0.4, 0.5) is 4.39 Å². The zero-order chi connectivity index (χ0) is 15.1. The van der Waals surface area contributed by atoms with Crippen LogP contribution in [-0.2, 0) is 7.05 Å². The van der Waals surface area contributed by atoms with E-state index in [1.807, 2.05) is 32.2 Å². The highest BCUT2D eigenvalue weighted by Crippen LogP contribution is 2.30. The predicted octanol–water partition coefficient (Wildman–Crippen LogP) is 4.46. The number of hydrogen-bond acceptors (Lipinski definition) is 2. The van der Waals surface area contributed by atoms with Crippen LogP contribution in [0.2, 0.25) is 5.15 Å². The second-order valence-corrected chi connectivity index (χ2v) is 5.36. The standard InChI is InChI=1S/C16H13ClFN3/c1-9(2)16-12-6-10(4-5-14(12)20-21(16)3)11-7-15(17)19-8-13(11)18/h4-8H,1H2,2-3H3. The van der Waals surface area contributed by atoms with Gasteiger partial charge in [-0.3, -0.25) is 4.68 Å². The highest BCUT2D eigenvalue weighted by molar-refractivity contribution is 6.29. The molecule has 1 aromatic carbocycles. The van der Waals surface area contributed by atoms with E-state index in [4.69, 9.17) is 11.6 Å². The van der Waals surface area contributed by atoms with E-state index in [1.54, 1.807) is 4.68 Å². The molecule has 0 spiro atoms. The molecule has 3 nitrogen and oxygen atoms in total. The summed E-state index contributed by atoms with van der Waals surface area (Å²) in [6, 6.07) is 7.12. The predicted molar refractivity (Wildman–Crippen MR) is 83.6 cm³/mol. The summed E-state index contributed by atoms with van der Waals surface area (Å²) in [5.41, 5.74) is 3.85. The summed E-state index contributed by atoms with van der Waals surface area (Å²) in [7, 11) is 1.87. The summed E-state index contributed by atoms with van der Waals surface area (Å²) in [6.07, 6.45) is 1.13. The minimum absolute atomic E-state index is 0.262. The Kier molecular flexibility index (Phi) is 3.26. The monoisotopic (exact) mass is 301 g/mol. The molecule has 0 amide bonds. The Bertz CT molecular complexity index is 867. The van der Waals surface area contributed by atoms with E-state index in [0.29, 0.717) is 5.56 Å². The van der Waals surface area contributed by atoms with Crippen LogP contribution in [0.15, 0.2) is 37.0 Å². The minimum Gasteiger partial charge on any atom is -0.267 e. The number of halogens is 2. The number of fused-ring (bicyclic) bond motifs is 1. The molecule has 0 saturated carbocycles. The lowest BCUT2D eigenvalue weighted by Gasteiger charge is -2.05. The second-order valence-electron chi connectivity index (χ2n) is 4.97. The van der Waals surface area contributed by atoms with Crippen LogP contribution >= 0.6 is 11.6 Å². The number of rotatable bonds is 2. The van der Waals surface area contributed by atoms with Crippen molar-refractivity contribution < 1.29 is 4.39 Å². The number of benzene rings is 1. The highest BCUT2D eigenvalue weighted by Gasteiger charge is 2.13. The minimum atomic E-state index is -0.403. The number of nitrogens with zero attached hydrogens (tertiary/aromatic N) is 3. The smallest absolute Gasteiger partial charge is 0.149 e. The van der Waals surface area contributed by atoms with Crippen LogP contribution in [0.1, 0.15) is 12.6 Å². The first-order chi connectivity index (χ1) is 9.97. The van der Waals surface area contributed by atoms with Gasteiger partial charge >= 0.3 is 0 Å². The first-order valence-corrected chi connectivity index (χ1v) is 6.79. The molecule has 0 unspecified atom stereocenters. The molecule has 0 bridgehead atoms. The molecule has 0 radical (unpaired) electrons. The molecule has 0 atom stereocenters. The molecule has 5 heteroatoms. The Balaban J connectivity index is 2.28. The van der Waals surface area contributed by atoms with Crippen LogP contribution in [0, 0.1) is 5.82 Å². The van der Waals surface area contributed by atoms with Crippen molar-refractivity contribution >= 4 is 28.1 Å². The lowest BCUT2D eigenvalue weighted by molar-refractivity contribution is 0.625. The van der Waals surface area contributed by atoms with Crippen LogP contribution in [-0.4, -0.2) is 14.8 Å². The summed E-state index contributed by atoms with van der Waals surface area (Å²) in [5, 5.41) is 5.63. The van der Waals surface area contributed by atoms with Crippen LogP contribution < -0.4 is 0 Å². The van der Waals surface area contributed by atoms with Crippen molar-refractivity contribution in [2.24, 2.45) is 7.05 Å². The van der Waals surface area contributed by atoms with E-state index in [-0.39, 0.29) is 5.15 Å². The molecule has 0 fully saturated rings. The molecular weight excluding hydrogens is 289 g/mol. The lowest BCUT2D eigenvalue weighted by atomic mass is 10.0. The van der Waals surface area contributed by atoms with Crippen molar-refractivity contribution in [2.45, 2.75) is 6.92 Å². The van der Waals surface area contributed by atoms with E-state index < -0.39 is 5.82 Å². The van der Waals surface area contributed by atoms with Crippen molar-refractivity contribution in [1.29, 1.82) is 0 Å². The van der Waals surface area contributed by atoms with E-state index in [9.17, 15) is 4.39 Å². The van der Waals surface area contributed by atoms with Crippen LogP contribution in [0.5, 0.6) is 0 Å². The number of hydrogen-bond donors (Lipinski definition) is 0. The highest BCUT2D eigenvalue weighted by atomic mass is 35.5. The van der Waals surface area contributed by atoms with Crippen molar-refractivity contribution in [2.75, 3.05) is 0 Å². The summed E-state index contributed by atoms with van der Waals surface area (Å²) >= 11 is 5.86. The molecule has 0 N–H and O–H groups in total. The van der Waals surface area contributed by atoms with Gasteiger partial charge in [-0.15, -0.1) is 0 Å². The normalized spacial score (nSPS) is 11.0. The number of aromatic nitrogens is 3. The zero-order valence-corrected chi connectivity index (χ0v) is 12.4. The van der Waals surface area contributed by atoms with Crippen molar-refractivity contribution in [1.82, 2.24) is 14.8 Å². The number of pyridine rings is 1. The second kappa shape index (κ2) is 4.97. The fraction of sp³-hybridized carbons (Fsp3) is 0.125. The van der Waals surface area contributed by atoms with Gasteiger partial charge in [-0.1, -0.05) is 24.2 Å². The third kappa shape index (κ3) is 2.32. The maximum absolute atomic E-state index is 14.0. The van der Waals surface area contributed by atoms with Gasteiger partial charge < -0.3 is 0 Å². The Labute approximate surface area is 126 Å². The first kappa shape index (κ1) is 13.8.